The zero-order chi connectivity index (χ0) is 16.8. The van der Waals surface area contributed by atoms with Crippen molar-refractivity contribution >= 4 is 11.6 Å². The minimum absolute atomic E-state index is 0.141. The number of hydrogen-bond acceptors (Lipinski definition) is 4. The fourth-order valence-corrected chi connectivity index (χ4v) is 2.02. The van der Waals surface area contributed by atoms with E-state index in [4.69, 9.17) is 4.74 Å². The third-order valence-electron chi connectivity index (χ3n) is 3.14. The Morgan fingerprint density at radius 3 is 2.33 bits per heavy atom. The number of hydrogen-bond donors (Lipinski definition) is 1. The molecule has 2 aromatic carbocycles. The summed E-state index contributed by atoms with van der Waals surface area (Å²) in [6.45, 7) is 0. The first-order valence-electron chi connectivity index (χ1n) is 7.28. The monoisotopic (exact) mass is 323 g/mol. The number of aromatic nitrogens is 2. The summed E-state index contributed by atoms with van der Waals surface area (Å²) in [7, 11) is 0. The third-order valence-corrected chi connectivity index (χ3v) is 3.14. The van der Waals surface area contributed by atoms with Gasteiger partial charge in [0.15, 0.2) is 0 Å². The molecule has 0 aliphatic carbocycles. The lowest BCUT2D eigenvalue weighted by Gasteiger charge is -2.06. The quantitative estimate of drug-likeness (QED) is 0.779. The van der Waals surface area contributed by atoms with E-state index in [0.717, 1.165) is 5.56 Å². The molecule has 3 aromatic rings. The molecular weight excluding hydrogens is 309 g/mol. The van der Waals surface area contributed by atoms with Crippen molar-refractivity contribution in [1.82, 2.24) is 9.97 Å². The number of rotatable bonds is 5. The van der Waals surface area contributed by atoms with E-state index in [0.29, 0.717) is 11.4 Å². The van der Waals surface area contributed by atoms with Gasteiger partial charge in [0.1, 0.15) is 11.6 Å². The molecule has 1 amide bonds. The van der Waals surface area contributed by atoms with Crippen molar-refractivity contribution in [3.05, 3.63) is 78.4 Å². The van der Waals surface area contributed by atoms with Crippen LogP contribution in [0.1, 0.15) is 5.56 Å². The van der Waals surface area contributed by atoms with Gasteiger partial charge in [-0.15, -0.1) is 0 Å². The number of carbonyl (C=O) groups is 1. The number of ether oxygens (including phenoxy) is 1. The lowest BCUT2D eigenvalue weighted by Crippen LogP contribution is -2.14. The van der Waals surface area contributed by atoms with Gasteiger partial charge in [0, 0.05) is 0 Å². The number of nitrogens with one attached hydrogen (secondary N) is 1. The summed E-state index contributed by atoms with van der Waals surface area (Å²) in [5.74, 6) is 0.0640. The summed E-state index contributed by atoms with van der Waals surface area (Å²) in [6, 6.07) is 15.1. The summed E-state index contributed by atoms with van der Waals surface area (Å²) in [5, 5.41) is 2.68. The molecule has 1 heterocycles. The van der Waals surface area contributed by atoms with Gasteiger partial charge in [-0.3, -0.25) is 4.79 Å². The Balaban J connectivity index is 1.57. The summed E-state index contributed by atoms with van der Waals surface area (Å²) < 4.78 is 18.3. The van der Waals surface area contributed by atoms with E-state index in [-0.39, 0.29) is 24.2 Å². The molecule has 0 radical (unpaired) electrons. The van der Waals surface area contributed by atoms with Gasteiger partial charge in [-0.2, -0.15) is 0 Å². The van der Waals surface area contributed by atoms with Gasteiger partial charge in [-0.25, -0.2) is 14.4 Å². The largest absolute Gasteiger partial charge is 0.424 e. The Morgan fingerprint density at radius 2 is 1.67 bits per heavy atom. The number of halogens is 1. The molecule has 24 heavy (non-hydrogen) atoms. The fraction of sp³-hybridized carbons (Fsp3) is 0.0556. The maximum absolute atomic E-state index is 12.8. The van der Waals surface area contributed by atoms with Crippen molar-refractivity contribution in [3.63, 3.8) is 0 Å². The smallest absolute Gasteiger partial charge is 0.322 e. The van der Waals surface area contributed by atoms with E-state index in [1.165, 1.54) is 24.5 Å². The van der Waals surface area contributed by atoms with Crippen LogP contribution in [0.5, 0.6) is 11.8 Å². The highest BCUT2D eigenvalue weighted by Gasteiger charge is 2.06. The highest BCUT2D eigenvalue weighted by atomic mass is 19.1. The molecule has 120 valence electrons. The lowest BCUT2D eigenvalue weighted by atomic mass is 10.1. The molecule has 0 unspecified atom stereocenters. The van der Waals surface area contributed by atoms with Crippen molar-refractivity contribution < 1.29 is 13.9 Å². The maximum atomic E-state index is 12.8. The Hall–Kier alpha value is -3.28. The maximum Gasteiger partial charge on any atom is 0.322 e. The van der Waals surface area contributed by atoms with Gasteiger partial charge in [0.2, 0.25) is 5.91 Å². The Kier molecular flexibility index (Phi) is 4.76. The second kappa shape index (κ2) is 7.32. The van der Waals surface area contributed by atoms with Crippen molar-refractivity contribution in [2.75, 3.05) is 5.32 Å². The molecule has 0 fully saturated rings. The molecule has 0 saturated carbocycles. The van der Waals surface area contributed by atoms with Crippen LogP contribution >= 0.6 is 0 Å². The zero-order valence-corrected chi connectivity index (χ0v) is 12.6. The van der Waals surface area contributed by atoms with Crippen LogP contribution in [-0.4, -0.2) is 15.9 Å². The number of para-hydroxylation sites is 1. The SMILES string of the molecule is O=C(Cc1ccc(F)cc1)Nc1cnc(Oc2ccccc2)nc1. The van der Waals surface area contributed by atoms with Crippen LogP contribution in [0.2, 0.25) is 0 Å². The number of benzene rings is 2. The highest BCUT2D eigenvalue weighted by molar-refractivity contribution is 5.91. The fourth-order valence-electron chi connectivity index (χ4n) is 2.02. The predicted molar refractivity (Wildman–Crippen MR) is 87.3 cm³/mol. The van der Waals surface area contributed by atoms with E-state index >= 15 is 0 Å². The summed E-state index contributed by atoms with van der Waals surface area (Å²) >= 11 is 0. The second-order valence-electron chi connectivity index (χ2n) is 5.02. The summed E-state index contributed by atoms with van der Waals surface area (Å²) in [5.41, 5.74) is 1.18. The first kappa shape index (κ1) is 15.6. The number of amides is 1. The van der Waals surface area contributed by atoms with Crippen LogP contribution in [0, 0.1) is 5.82 Å². The van der Waals surface area contributed by atoms with E-state index in [2.05, 4.69) is 15.3 Å². The molecule has 0 aliphatic rings. The van der Waals surface area contributed by atoms with E-state index in [1.807, 2.05) is 18.2 Å². The summed E-state index contributed by atoms with van der Waals surface area (Å²) in [4.78, 5) is 20.0. The first-order chi connectivity index (χ1) is 11.7. The third kappa shape index (κ3) is 4.36. The van der Waals surface area contributed by atoms with Gasteiger partial charge < -0.3 is 10.1 Å². The zero-order valence-electron chi connectivity index (χ0n) is 12.6. The summed E-state index contributed by atoms with van der Waals surface area (Å²) in [6.07, 6.45) is 3.07. The van der Waals surface area contributed by atoms with Crippen LogP contribution in [-0.2, 0) is 11.2 Å². The van der Waals surface area contributed by atoms with Gasteiger partial charge in [0.05, 0.1) is 24.5 Å². The minimum Gasteiger partial charge on any atom is -0.424 e. The number of anilines is 1. The molecule has 5 nitrogen and oxygen atoms in total. The van der Waals surface area contributed by atoms with Gasteiger partial charge >= 0.3 is 6.01 Å². The minimum atomic E-state index is -0.332. The molecule has 1 aromatic heterocycles. The number of carbonyl (C=O) groups excluding carboxylic acids is 1. The van der Waals surface area contributed by atoms with E-state index in [9.17, 15) is 9.18 Å². The molecule has 3 rings (SSSR count). The molecule has 0 bridgehead atoms. The first-order valence-corrected chi connectivity index (χ1v) is 7.28. The molecular formula is C18H14FN3O2. The predicted octanol–water partition coefficient (Wildman–Crippen LogP) is 3.59. The standard InChI is InChI=1S/C18H14FN3O2/c19-14-8-6-13(7-9-14)10-17(23)22-15-11-20-18(21-12-15)24-16-4-2-1-3-5-16/h1-9,11-12H,10H2,(H,22,23). The van der Waals surface area contributed by atoms with Gasteiger partial charge in [0.25, 0.3) is 0 Å². The highest BCUT2D eigenvalue weighted by Crippen LogP contribution is 2.17. The average Bonchev–Trinajstić information content (AvgIpc) is 2.60. The van der Waals surface area contributed by atoms with Crippen LogP contribution < -0.4 is 10.1 Å². The van der Waals surface area contributed by atoms with Crippen molar-refractivity contribution in [1.29, 1.82) is 0 Å². The van der Waals surface area contributed by atoms with E-state index < -0.39 is 0 Å². The Bertz CT molecular complexity index is 806. The molecule has 0 aliphatic heterocycles. The van der Waals surface area contributed by atoms with Crippen molar-refractivity contribution in [2.45, 2.75) is 6.42 Å². The Morgan fingerprint density at radius 1 is 1.00 bits per heavy atom. The lowest BCUT2D eigenvalue weighted by molar-refractivity contribution is -0.115. The van der Waals surface area contributed by atoms with Crippen LogP contribution in [0.25, 0.3) is 0 Å². The van der Waals surface area contributed by atoms with Gasteiger partial charge in [-0.05, 0) is 29.8 Å². The van der Waals surface area contributed by atoms with Crippen molar-refractivity contribution in [3.8, 4) is 11.8 Å². The van der Waals surface area contributed by atoms with Crippen LogP contribution in [0.15, 0.2) is 67.0 Å². The Labute approximate surface area is 138 Å². The van der Waals surface area contributed by atoms with Crippen LogP contribution in [0.3, 0.4) is 0 Å². The second-order valence-corrected chi connectivity index (χ2v) is 5.02. The van der Waals surface area contributed by atoms with Gasteiger partial charge in [-0.1, -0.05) is 30.3 Å². The molecule has 0 saturated heterocycles. The number of nitrogens with zero attached hydrogens (tertiary/aromatic N) is 2. The van der Waals surface area contributed by atoms with E-state index in [1.54, 1.807) is 24.3 Å². The molecule has 1 N–H and O–H groups in total. The van der Waals surface area contributed by atoms with Crippen molar-refractivity contribution in [2.24, 2.45) is 0 Å². The molecule has 6 heteroatoms. The molecule has 0 spiro atoms. The average molecular weight is 323 g/mol. The topological polar surface area (TPSA) is 64.1 Å². The molecule has 0 atom stereocenters. The van der Waals surface area contributed by atoms with Crippen LogP contribution in [0.4, 0.5) is 10.1 Å². The normalized spacial score (nSPS) is 10.2.